The van der Waals surface area contributed by atoms with Crippen molar-refractivity contribution in [2.75, 3.05) is 6.61 Å². The Bertz CT molecular complexity index is 285. The molecule has 72 valence electrons. The van der Waals surface area contributed by atoms with Gasteiger partial charge in [-0.15, -0.1) is 0 Å². The Labute approximate surface area is 77.3 Å². The van der Waals surface area contributed by atoms with Gasteiger partial charge in [0.25, 0.3) is 0 Å². The van der Waals surface area contributed by atoms with Gasteiger partial charge in [-0.25, -0.2) is 4.79 Å². The van der Waals surface area contributed by atoms with Gasteiger partial charge in [-0.1, -0.05) is 0 Å². The van der Waals surface area contributed by atoms with Crippen LogP contribution in [0.1, 0.15) is 11.4 Å². The lowest BCUT2D eigenvalue weighted by molar-refractivity contribution is 0.152. The molecule has 1 aromatic rings. The first-order valence-corrected chi connectivity index (χ1v) is 4.16. The molecule has 1 aromatic heterocycles. The van der Waals surface area contributed by atoms with Crippen LogP contribution in [-0.2, 0) is 11.3 Å². The van der Waals surface area contributed by atoms with E-state index in [-0.39, 0.29) is 0 Å². The average Bonchev–Trinajstić information content (AvgIpc) is 2.34. The van der Waals surface area contributed by atoms with Crippen molar-refractivity contribution >= 4 is 6.09 Å². The summed E-state index contributed by atoms with van der Waals surface area (Å²) >= 11 is 0. The zero-order valence-corrected chi connectivity index (χ0v) is 7.91. The first-order chi connectivity index (χ1) is 6.11. The highest BCUT2D eigenvalue weighted by atomic mass is 16.5. The lowest BCUT2D eigenvalue weighted by Crippen LogP contribution is -2.17. The van der Waals surface area contributed by atoms with Crippen molar-refractivity contribution in [1.29, 1.82) is 0 Å². The van der Waals surface area contributed by atoms with E-state index in [2.05, 4.69) is 9.30 Å². The topological polar surface area (TPSA) is 57.2 Å². The Hall–Kier alpha value is -1.45. The maximum absolute atomic E-state index is 10.3. The number of nitrogens with zero attached hydrogens (tertiary/aromatic N) is 1. The number of aryl methyl sites for hydroxylation is 2. The first-order valence-electron chi connectivity index (χ1n) is 4.16. The molecule has 0 bridgehead atoms. The van der Waals surface area contributed by atoms with E-state index in [0.717, 1.165) is 11.4 Å². The van der Waals surface area contributed by atoms with Gasteiger partial charge in [0.15, 0.2) is 0 Å². The maximum atomic E-state index is 10.3. The highest BCUT2D eigenvalue weighted by molar-refractivity contribution is 5.64. The fourth-order valence-electron chi connectivity index (χ4n) is 1.29. The third kappa shape index (κ3) is 2.50. The molecule has 0 aromatic carbocycles. The molecule has 0 radical (unpaired) electrons. The Kier molecular flexibility index (Phi) is 2.95. The van der Waals surface area contributed by atoms with Gasteiger partial charge in [0.1, 0.15) is 6.61 Å². The van der Waals surface area contributed by atoms with Crippen LogP contribution in [0.3, 0.4) is 0 Å². The predicted octanol–water partition coefficient (Wildman–Crippen LogP) is 1.20. The summed E-state index contributed by atoms with van der Waals surface area (Å²) in [5, 5.41) is 0. The minimum absolute atomic E-state index is 0.325. The van der Waals surface area contributed by atoms with Crippen LogP contribution in [0.2, 0.25) is 0 Å². The number of carbonyl (C=O) groups excluding carboxylic acids is 1. The molecule has 0 fully saturated rings. The zero-order chi connectivity index (χ0) is 9.84. The van der Waals surface area contributed by atoms with Crippen molar-refractivity contribution in [2.24, 2.45) is 5.73 Å². The summed E-state index contributed by atoms with van der Waals surface area (Å²) in [6.07, 6.45) is -0.720. The lowest BCUT2D eigenvalue weighted by Gasteiger charge is -2.08. The third-order valence-electron chi connectivity index (χ3n) is 1.98. The zero-order valence-electron chi connectivity index (χ0n) is 7.91. The molecule has 1 rings (SSSR count). The average molecular weight is 182 g/mol. The fraction of sp³-hybridized carbons (Fsp3) is 0.444. The molecule has 0 aliphatic heterocycles. The fourth-order valence-corrected chi connectivity index (χ4v) is 1.29. The molecule has 0 unspecified atom stereocenters. The van der Waals surface area contributed by atoms with E-state index in [9.17, 15) is 4.79 Å². The molecule has 4 nitrogen and oxygen atoms in total. The molecule has 0 saturated heterocycles. The molecule has 13 heavy (non-hydrogen) atoms. The SMILES string of the molecule is Cc1ccc(C)n1CCOC(N)=O. The van der Waals surface area contributed by atoms with E-state index in [1.54, 1.807) is 0 Å². The molecule has 0 aliphatic rings. The van der Waals surface area contributed by atoms with Gasteiger partial charge in [-0.3, -0.25) is 0 Å². The molecular weight excluding hydrogens is 168 g/mol. The molecule has 2 N–H and O–H groups in total. The Morgan fingerprint density at radius 1 is 1.46 bits per heavy atom. The summed E-state index contributed by atoms with van der Waals surface area (Å²) in [6.45, 7) is 5.01. The number of nitrogens with two attached hydrogens (primary N) is 1. The van der Waals surface area contributed by atoms with Crippen molar-refractivity contribution in [3.05, 3.63) is 23.5 Å². The van der Waals surface area contributed by atoms with Gasteiger partial charge >= 0.3 is 6.09 Å². The highest BCUT2D eigenvalue weighted by Gasteiger charge is 2.01. The summed E-state index contributed by atoms with van der Waals surface area (Å²) < 4.78 is 6.72. The molecule has 1 heterocycles. The van der Waals surface area contributed by atoms with E-state index in [0.29, 0.717) is 13.2 Å². The van der Waals surface area contributed by atoms with Crippen LogP contribution in [0, 0.1) is 13.8 Å². The van der Waals surface area contributed by atoms with Crippen molar-refractivity contribution in [3.8, 4) is 0 Å². The van der Waals surface area contributed by atoms with Gasteiger partial charge in [-0.2, -0.15) is 0 Å². The summed E-state index contributed by atoms with van der Waals surface area (Å²) in [6, 6.07) is 4.05. The lowest BCUT2D eigenvalue weighted by atomic mass is 10.5. The molecule has 0 aliphatic carbocycles. The van der Waals surface area contributed by atoms with Crippen molar-refractivity contribution in [3.63, 3.8) is 0 Å². The van der Waals surface area contributed by atoms with Crippen LogP contribution in [0.5, 0.6) is 0 Å². The van der Waals surface area contributed by atoms with E-state index in [4.69, 9.17) is 5.73 Å². The van der Waals surface area contributed by atoms with Crippen LogP contribution in [0.15, 0.2) is 12.1 Å². The standard InChI is InChI=1S/C9H14N2O2/c1-7-3-4-8(2)11(7)5-6-13-9(10)12/h3-4H,5-6H2,1-2H3,(H2,10,12). The highest BCUT2D eigenvalue weighted by Crippen LogP contribution is 2.06. The number of ether oxygens (including phenoxy) is 1. The molecule has 0 saturated carbocycles. The minimum atomic E-state index is -0.720. The molecule has 1 amide bonds. The van der Waals surface area contributed by atoms with Crippen LogP contribution in [0.25, 0.3) is 0 Å². The smallest absolute Gasteiger partial charge is 0.404 e. The van der Waals surface area contributed by atoms with Gasteiger partial charge < -0.3 is 15.0 Å². The molecular formula is C9H14N2O2. The maximum Gasteiger partial charge on any atom is 0.404 e. The van der Waals surface area contributed by atoms with Crippen molar-refractivity contribution in [2.45, 2.75) is 20.4 Å². The number of aromatic nitrogens is 1. The van der Waals surface area contributed by atoms with E-state index in [1.807, 2.05) is 26.0 Å². The van der Waals surface area contributed by atoms with Crippen LogP contribution < -0.4 is 5.73 Å². The number of hydrogen-bond acceptors (Lipinski definition) is 2. The predicted molar refractivity (Wildman–Crippen MR) is 49.4 cm³/mol. The summed E-state index contributed by atoms with van der Waals surface area (Å²) in [7, 11) is 0. The molecule has 0 spiro atoms. The second-order valence-corrected chi connectivity index (χ2v) is 2.94. The number of amides is 1. The van der Waals surface area contributed by atoms with E-state index in [1.165, 1.54) is 0 Å². The second kappa shape index (κ2) is 3.98. The second-order valence-electron chi connectivity index (χ2n) is 2.94. The Morgan fingerprint density at radius 2 is 2.00 bits per heavy atom. The van der Waals surface area contributed by atoms with Gasteiger partial charge in [0, 0.05) is 11.4 Å². The third-order valence-corrected chi connectivity index (χ3v) is 1.98. The number of primary amides is 1. The van der Waals surface area contributed by atoms with E-state index < -0.39 is 6.09 Å². The summed E-state index contributed by atoms with van der Waals surface area (Å²) in [5.74, 6) is 0. The number of hydrogen-bond donors (Lipinski definition) is 1. The Morgan fingerprint density at radius 3 is 2.46 bits per heavy atom. The van der Waals surface area contributed by atoms with Gasteiger partial charge in [-0.05, 0) is 26.0 Å². The quantitative estimate of drug-likeness (QED) is 0.763. The van der Waals surface area contributed by atoms with Crippen LogP contribution in [0.4, 0.5) is 4.79 Å². The molecule has 0 atom stereocenters. The van der Waals surface area contributed by atoms with Crippen LogP contribution in [-0.4, -0.2) is 17.3 Å². The van der Waals surface area contributed by atoms with Crippen LogP contribution >= 0.6 is 0 Å². The number of rotatable bonds is 3. The van der Waals surface area contributed by atoms with Crippen molar-refractivity contribution < 1.29 is 9.53 Å². The summed E-state index contributed by atoms with van der Waals surface area (Å²) in [4.78, 5) is 10.3. The normalized spacial score (nSPS) is 10.0. The molecule has 4 heteroatoms. The van der Waals surface area contributed by atoms with E-state index >= 15 is 0 Å². The van der Waals surface area contributed by atoms with Crippen molar-refractivity contribution in [1.82, 2.24) is 4.57 Å². The van der Waals surface area contributed by atoms with Gasteiger partial charge in [0.05, 0.1) is 6.54 Å². The summed E-state index contributed by atoms with van der Waals surface area (Å²) in [5.41, 5.74) is 7.15. The first kappa shape index (κ1) is 9.64. The minimum Gasteiger partial charge on any atom is -0.448 e. The Balaban J connectivity index is 2.49. The largest absolute Gasteiger partial charge is 0.448 e. The van der Waals surface area contributed by atoms with Gasteiger partial charge in [0.2, 0.25) is 0 Å². The monoisotopic (exact) mass is 182 g/mol. The number of carbonyl (C=O) groups is 1.